The predicted molar refractivity (Wildman–Crippen MR) is 89.0 cm³/mol. The van der Waals surface area contributed by atoms with Gasteiger partial charge in [-0.15, -0.1) is 0 Å². The molecule has 0 radical (unpaired) electrons. The zero-order chi connectivity index (χ0) is 15.4. The summed E-state index contributed by atoms with van der Waals surface area (Å²) in [6.07, 6.45) is 3.08. The van der Waals surface area contributed by atoms with Gasteiger partial charge in [-0.25, -0.2) is 4.39 Å². The Kier molecular flexibility index (Phi) is 4.80. The van der Waals surface area contributed by atoms with Crippen LogP contribution in [0.15, 0.2) is 58.3 Å². The molecule has 0 aromatic heterocycles. The van der Waals surface area contributed by atoms with Crippen LogP contribution < -0.4 is 10.1 Å². The lowest BCUT2D eigenvalue weighted by molar-refractivity contribution is 0.414. The molecule has 3 rings (SSSR count). The highest BCUT2D eigenvalue weighted by atomic mass is 32.2. The molecule has 2 aromatic carbocycles. The van der Waals surface area contributed by atoms with E-state index in [1.54, 1.807) is 13.2 Å². The van der Waals surface area contributed by atoms with Crippen LogP contribution in [0.25, 0.3) is 5.57 Å². The minimum Gasteiger partial charge on any atom is -0.497 e. The number of ether oxygens (including phenoxy) is 1. The maximum Gasteiger partial charge on any atom is 0.137 e. The van der Waals surface area contributed by atoms with Gasteiger partial charge in [0, 0.05) is 11.4 Å². The minimum absolute atomic E-state index is 0.169. The van der Waals surface area contributed by atoms with Gasteiger partial charge in [0.05, 0.1) is 12.0 Å². The third-order valence-electron chi connectivity index (χ3n) is 3.66. The van der Waals surface area contributed by atoms with Crippen molar-refractivity contribution in [1.82, 2.24) is 5.32 Å². The monoisotopic (exact) mass is 315 g/mol. The molecule has 0 fully saturated rings. The number of hydrogen-bond acceptors (Lipinski definition) is 3. The van der Waals surface area contributed by atoms with Crippen molar-refractivity contribution in [2.45, 2.75) is 16.2 Å². The van der Waals surface area contributed by atoms with Gasteiger partial charge < -0.3 is 10.1 Å². The molecular formula is C18H18FNOS. The number of hydrogen-bond donors (Lipinski definition) is 1. The molecule has 114 valence electrons. The molecule has 0 atom stereocenters. The molecule has 0 saturated heterocycles. The van der Waals surface area contributed by atoms with Crippen molar-refractivity contribution in [3.8, 4) is 5.75 Å². The Hall–Kier alpha value is -1.78. The summed E-state index contributed by atoms with van der Waals surface area (Å²) in [5.74, 6) is 0.636. The molecule has 4 heteroatoms. The standard InChI is InChI=1S/C18H18FNOS/c1-21-14-5-7-15(8-6-14)22-18-16(3-2-4-17(18)19)13-9-11-20-12-10-13/h2-9,20H,10-12H2,1H3. The maximum atomic E-state index is 14.3. The van der Waals surface area contributed by atoms with Crippen molar-refractivity contribution in [1.29, 1.82) is 0 Å². The molecule has 1 N–H and O–H groups in total. The van der Waals surface area contributed by atoms with E-state index in [1.165, 1.54) is 23.4 Å². The maximum absolute atomic E-state index is 14.3. The number of rotatable bonds is 4. The van der Waals surface area contributed by atoms with Crippen molar-refractivity contribution in [2.24, 2.45) is 0 Å². The Bertz CT molecular complexity index is 682. The van der Waals surface area contributed by atoms with Gasteiger partial charge in [0.1, 0.15) is 11.6 Å². The Morgan fingerprint density at radius 3 is 2.64 bits per heavy atom. The van der Waals surface area contributed by atoms with E-state index >= 15 is 0 Å². The predicted octanol–water partition coefficient (Wildman–Crippen LogP) is 4.36. The van der Waals surface area contributed by atoms with Crippen molar-refractivity contribution in [3.05, 3.63) is 59.9 Å². The van der Waals surface area contributed by atoms with E-state index < -0.39 is 0 Å². The number of methoxy groups -OCH3 is 1. The Morgan fingerprint density at radius 1 is 1.14 bits per heavy atom. The summed E-state index contributed by atoms with van der Waals surface area (Å²) in [5, 5.41) is 3.29. The number of nitrogens with one attached hydrogen (secondary N) is 1. The van der Waals surface area contributed by atoms with E-state index in [-0.39, 0.29) is 5.82 Å². The highest BCUT2D eigenvalue weighted by Gasteiger charge is 2.15. The first-order valence-corrected chi connectivity index (χ1v) is 8.10. The molecule has 22 heavy (non-hydrogen) atoms. The minimum atomic E-state index is -0.169. The number of halogens is 1. The van der Waals surface area contributed by atoms with Crippen LogP contribution >= 0.6 is 11.8 Å². The van der Waals surface area contributed by atoms with E-state index in [0.717, 1.165) is 35.7 Å². The second-order valence-electron chi connectivity index (χ2n) is 5.08. The average molecular weight is 315 g/mol. The molecule has 0 unspecified atom stereocenters. The zero-order valence-electron chi connectivity index (χ0n) is 12.4. The largest absolute Gasteiger partial charge is 0.497 e. The van der Waals surface area contributed by atoms with Crippen LogP contribution in [0, 0.1) is 5.82 Å². The van der Waals surface area contributed by atoms with E-state index in [1.807, 2.05) is 30.3 Å². The molecule has 0 spiro atoms. The highest BCUT2D eigenvalue weighted by Crippen LogP contribution is 2.37. The fourth-order valence-electron chi connectivity index (χ4n) is 2.49. The number of benzene rings is 2. The van der Waals surface area contributed by atoms with E-state index in [9.17, 15) is 4.39 Å². The van der Waals surface area contributed by atoms with Crippen LogP contribution in [0.2, 0.25) is 0 Å². The van der Waals surface area contributed by atoms with Crippen molar-refractivity contribution < 1.29 is 9.13 Å². The average Bonchev–Trinajstić information content (AvgIpc) is 2.58. The van der Waals surface area contributed by atoms with E-state index in [0.29, 0.717) is 4.90 Å². The van der Waals surface area contributed by atoms with Crippen LogP contribution in [0.5, 0.6) is 5.75 Å². The van der Waals surface area contributed by atoms with Crippen molar-refractivity contribution in [3.63, 3.8) is 0 Å². The van der Waals surface area contributed by atoms with Crippen LogP contribution in [-0.2, 0) is 0 Å². The van der Waals surface area contributed by atoms with Gasteiger partial charge in [-0.3, -0.25) is 0 Å². The third kappa shape index (κ3) is 3.34. The van der Waals surface area contributed by atoms with Gasteiger partial charge >= 0.3 is 0 Å². The van der Waals surface area contributed by atoms with Crippen LogP contribution in [0.4, 0.5) is 4.39 Å². The van der Waals surface area contributed by atoms with Gasteiger partial charge in [-0.1, -0.05) is 30.0 Å². The highest BCUT2D eigenvalue weighted by molar-refractivity contribution is 7.99. The summed E-state index contributed by atoms with van der Waals surface area (Å²) >= 11 is 1.46. The fraction of sp³-hybridized carbons (Fsp3) is 0.222. The second-order valence-corrected chi connectivity index (χ2v) is 6.16. The molecule has 0 aliphatic carbocycles. The van der Waals surface area contributed by atoms with E-state index in [2.05, 4.69) is 11.4 Å². The smallest absolute Gasteiger partial charge is 0.137 e. The van der Waals surface area contributed by atoms with Gasteiger partial charge in [-0.2, -0.15) is 0 Å². The summed E-state index contributed by atoms with van der Waals surface area (Å²) < 4.78 is 19.5. The summed E-state index contributed by atoms with van der Waals surface area (Å²) in [6.45, 7) is 1.79. The molecule has 1 aliphatic heterocycles. The normalized spacial score (nSPS) is 14.5. The summed E-state index contributed by atoms with van der Waals surface area (Å²) in [6, 6.07) is 13.0. The van der Waals surface area contributed by atoms with Gasteiger partial charge in [0.15, 0.2) is 0 Å². The first-order chi connectivity index (χ1) is 10.8. The first-order valence-electron chi connectivity index (χ1n) is 7.28. The van der Waals surface area contributed by atoms with Crippen LogP contribution in [0.3, 0.4) is 0 Å². The summed E-state index contributed by atoms with van der Waals surface area (Å²) in [7, 11) is 1.64. The Balaban J connectivity index is 1.93. The lowest BCUT2D eigenvalue weighted by Crippen LogP contribution is -2.20. The van der Waals surface area contributed by atoms with Gasteiger partial charge in [0.2, 0.25) is 0 Å². The molecule has 1 heterocycles. The SMILES string of the molecule is COc1ccc(Sc2c(F)cccc2C2=CCNCC2)cc1. The molecule has 0 bridgehead atoms. The topological polar surface area (TPSA) is 21.3 Å². The van der Waals surface area contributed by atoms with Crippen LogP contribution in [-0.4, -0.2) is 20.2 Å². The lowest BCUT2D eigenvalue weighted by Gasteiger charge is -2.17. The van der Waals surface area contributed by atoms with E-state index in [4.69, 9.17) is 4.74 Å². The van der Waals surface area contributed by atoms with Crippen molar-refractivity contribution in [2.75, 3.05) is 20.2 Å². The first kappa shape index (κ1) is 15.1. The van der Waals surface area contributed by atoms with Gasteiger partial charge in [0.25, 0.3) is 0 Å². The molecular weight excluding hydrogens is 297 g/mol. The molecule has 0 amide bonds. The van der Waals surface area contributed by atoms with Crippen LogP contribution in [0.1, 0.15) is 12.0 Å². The summed E-state index contributed by atoms with van der Waals surface area (Å²) in [5.41, 5.74) is 2.22. The Labute approximate surface area is 134 Å². The lowest BCUT2D eigenvalue weighted by atomic mass is 10.0. The zero-order valence-corrected chi connectivity index (χ0v) is 13.3. The fourth-order valence-corrected chi connectivity index (χ4v) is 3.48. The second kappa shape index (κ2) is 6.99. The third-order valence-corrected chi connectivity index (χ3v) is 4.78. The van der Waals surface area contributed by atoms with Crippen molar-refractivity contribution >= 4 is 17.3 Å². The Morgan fingerprint density at radius 2 is 1.95 bits per heavy atom. The molecule has 0 saturated carbocycles. The molecule has 1 aliphatic rings. The van der Waals surface area contributed by atoms with Gasteiger partial charge in [-0.05, 0) is 54.4 Å². The molecule has 2 nitrogen and oxygen atoms in total. The molecule has 2 aromatic rings. The summed E-state index contributed by atoms with van der Waals surface area (Å²) in [4.78, 5) is 1.70. The quantitative estimate of drug-likeness (QED) is 0.905.